The summed E-state index contributed by atoms with van der Waals surface area (Å²) in [5, 5.41) is 34.7. The Labute approximate surface area is 132 Å². The first kappa shape index (κ1) is 15.7. The van der Waals surface area contributed by atoms with E-state index in [-0.39, 0.29) is 16.8 Å². The van der Waals surface area contributed by atoms with E-state index in [2.05, 4.69) is 43.0 Å². The fraction of sp³-hybridized carbons (Fsp3) is 0.333. The van der Waals surface area contributed by atoms with Crippen LogP contribution in [0.25, 0.3) is 0 Å². The summed E-state index contributed by atoms with van der Waals surface area (Å²) in [5.74, 6) is 0.448. The van der Waals surface area contributed by atoms with Gasteiger partial charge in [-0.25, -0.2) is 0 Å². The van der Waals surface area contributed by atoms with Gasteiger partial charge in [0.25, 0.3) is 5.13 Å². The number of aromatic nitrogens is 4. The van der Waals surface area contributed by atoms with Gasteiger partial charge >= 0.3 is 6.01 Å². The SMILES string of the molecule is COc1nc(O)c(/N=N/c2nnc(SCCS)s2)c(O)n1. The van der Waals surface area contributed by atoms with Gasteiger partial charge in [0.05, 0.1) is 7.11 Å². The zero-order valence-electron chi connectivity index (χ0n) is 10.7. The Hall–Kier alpha value is -1.66. The van der Waals surface area contributed by atoms with E-state index in [9.17, 15) is 10.2 Å². The van der Waals surface area contributed by atoms with Gasteiger partial charge in [-0.15, -0.1) is 20.4 Å². The molecule has 0 saturated heterocycles. The molecule has 0 aliphatic rings. The molecule has 2 heterocycles. The topological polar surface area (TPSA) is 126 Å². The third-order valence-corrected chi connectivity index (χ3v) is 4.43. The Balaban J connectivity index is 2.15. The van der Waals surface area contributed by atoms with Crippen LogP contribution < -0.4 is 4.74 Å². The van der Waals surface area contributed by atoms with Crippen molar-refractivity contribution in [1.82, 2.24) is 20.2 Å². The maximum absolute atomic E-state index is 9.61. The Bertz CT molecular complexity index is 626. The van der Waals surface area contributed by atoms with Crippen molar-refractivity contribution in [1.29, 1.82) is 0 Å². The molecule has 2 N–H and O–H groups in total. The molecule has 0 aliphatic heterocycles. The number of thiol groups is 1. The molecule has 0 fully saturated rings. The van der Waals surface area contributed by atoms with E-state index in [1.807, 2.05) is 0 Å². The average molecular weight is 346 g/mol. The molecule has 0 amide bonds. The number of hydrogen-bond donors (Lipinski definition) is 3. The van der Waals surface area contributed by atoms with E-state index in [0.29, 0.717) is 0 Å². The minimum Gasteiger partial charge on any atom is -0.491 e. The molecule has 0 radical (unpaired) electrons. The highest BCUT2D eigenvalue weighted by Gasteiger charge is 2.14. The molecule has 0 bridgehead atoms. The minimum absolute atomic E-state index is 0.176. The van der Waals surface area contributed by atoms with Gasteiger partial charge in [0.15, 0.2) is 4.34 Å². The fourth-order valence-corrected chi connectivity index (χ4v) is 2.87. The van der Waals surface area contributed by atoms with Crippen LogP contribution in [0, 0.1) is 0 Å². The van der Waals surface area contributed by atoms with Crippen LogP contribution in [-0.4, -0.2) is 49.0 Å². The smallest absolute Gasteiger partial charge is 0.322 e. The fourth-order valence-electron chi connectivity index (χ4n) is 1.12. The van der Waals surface area contributed by atoms with Gasteiger partial charge in [-0.05, 0) is 5.75 Å². The summed E-state index contributed by atoms with van der Waals surface area (Å²) in [4.78, 5) is 7.15. The lowest BCUT2D eigenvalue weighted by Crippen LogP contribution is -1.91. The van der Waals surface area contributed by atoms with Crippen LogP contribution in [0.5, 0.6) is 17.8 Å². The number of nitrogens with zero attached hydrogens (tertiary/aromatic N) is 6. The largest absolute Gasteiger partial charge is 0.491 e. The summed E-state index contributed by atoms with van der Waals surface area (Å²) < 4.78 is 5.42. The van der Waals surface area contributed by atoms with E-state index in [1.165, 1.54) is 30.2 Å². The van der Waals surface area contributed by atoms with Crippen molar-refractivity contribution >= 4 is 46.5 Å². The summed E-state index contributed by atoms with van der Waals surface area (Å²) in [6.45, 7) is 0. The van der Waals surface area contributed by atoms with Gasteiger partial charge in [0.1, 0.15) is 0 Å². The van der Waals surface area contributed by atoms with Crippen LogP contribution in [0.3, 0.4) is 0 Å². The monoisotopic (exact) mass is 346 g/mol. The maximum atomic E-state index is 9.61. The van der Waals surface area contributed by atoms with Crippen molar-refractivity contribution < 1.29 is 14.9 Å². The Kier molecular flexibility index (Phi) is 5.52. The van der Waals surface area contributed by atoms with Crippen molar-refractivity contribution in [3.05, 3.63) is 0 Å². The quantitative estimate of drug-likeness (QED) is 0.413. The van der Waals surface area contributed by atoms with Crippen LogP contribution in [0.15, 0.2) is 14.6 Å². The lowest BCUT2D eigenvalue weighted by molar-refractivity contribution is 0.348. The second-order valence-corrected chi connectivity index (χ2v) is 6.07. The third kappa shape index (κ3) is 4.15. The number of methoxy groups -OCH3 is 1. The molecule has 0 spiro atoms. The molecule has 9 nitrogen and oxygen atoms in total. The lowest BCUT2D eigenvalue weighted by Gasteiger charge is -2.01. The first-order valence-corrected chi connectivity index (χ1v) is 7.90. The number of thioether (sulfide) groups is 1. The molecule has 12 heteroatoms. The van der Waals surface area contributed by atoms with Crippen molar-refractivity contribution in [2.75, 3.05) is 18.6 Å². The Morgan fingerprint density at radius 3 is 2.57 bits per heavy atom. The number of ether oxygens (including phenoxy) is 1. The molecular weight excluding hydrogens is 336 g/mol. The second-order valence-electron chi connectivity index (χ2n) is 3.33. The molecule has 0 unspecified atom stereocenters. The lowest BCUT2D eigenvalue weighted by atomic mass is 10.5. The van der Waals surface area contributed by atoms with E-state index < -0.39 is 11.8 Å². The first-order chi connectivity index (χ1) is 10.1. The van der Waals surface area contributed by atoms with E-state index in [4.69, 9.17) is 4.74 Å². The number of hydrogen-bond acceptors (Lipinski definition) is 12. The molecule has 0 aliphatic carbocycles. The highest BCUT2D eigenvalue weighted by atomic mass is 32.2. The zero-order valence-corrected chi connectivity index (χ0v) is 13.2. The maximum Gasteiger partial charge on any atom is 0.322 e. The molecule has 0 atom stereocenters. The summed E-state index contributed by atoms with van der Waals surface area (Å²) in [6.07, 6.45) is 0. The first-order valence-electron chi connectivity index (χ1n) is 5.47. The summed E-state index contributed by atoms with van der Waals surface area (Å²) in [5.41, 5.74) is -0.268. The molecule has 2 aromatic heterocycles. The predicted molar refractivity (Wildman–Crippen MR) is 80.6 cm³/mol. The second kappa shape index (κ2) is 7.38. The number of azo groups is 1. The van der Waals surface area contributed by atoms with Crippen molar-refractivity contribution in [3.63, 3.8) is 0 Å². The van der Waals surface area contributed by atoms with Crippen LogP contribution in [0.4, 0.5) is 10.8 Å². The van der Waals surface area contributed by atoms with Crippen molar-refractivity contribution in [2.45, 2.75) is 4.34 Å². The average Bonchev–Trinajstić information content (AvgIpc) is 2.91. The summed E-state index contributed by atoms with van der Waals surface area (Å²) >= 11 is 6.83. The summed E-state index contributed by atoms with van der Waals surface area (Å²) in [6, 6.07) is -0.176. The van der Waals surface area contributed by atoms with Crippen LogP contribution in [0.1, 0.15) is 0 Å². The molecule has 0 aromatic carbocycles. The van der Waals surface area contributed by atoms with Crippen LogP contribution in [-0.2, 0) is 0 Å². The van der Waals surface area contributed by atoms with Gasteiger partial charge in [0.2, 0.25) is 17.4 Å². The van der Waals surface area contributed by atoms with Gasteiger partial charge in [0, 0.05) is 5.75 Å². The normalized spacial score (nSPS) is 11.1. The molecule has 21 heavy (non-hydrogen) atoms. The molecule has 2 aromatic rings. The van der Waals surface area contributed by atoms with Crippen LogP contribution >= 0.6 is 35.7 Å². The van der Waals surface area contributed by atoms with Gasteiger partial charge < -0.3 is 14.9 Å². The third-order valence-electron chi connectivity index (χ3n) is 1.96. The highest BCUT2D eigenvalue weighted by Crippen LogP contribution is 2.36. The van der Waals surface area contributed by atoms with Gasteiger partial charge in [-0.3, -0.25) is 0 Å². The van der Waals surface area contributed by atoms with Gasteiger partial charge in [-0.1, -0.05) is 23.1 Å². The number of aromatic hydroxyl groups is 2. The van der Waals surface area contributed by atoms with Crippen molar-refractivity contribution in [2.24, 2.45) is 10.2 Å². The molecule has 112 valence electrons. The van der Waals surface area contributed by atoms with E-state index in [0.717, 1.165) is 15.8 Å². The van der Waals surface area contributed by atoms with Crippen molar-refractivity contribution in [3.8, 4) is 17.8 Å². The molecule has 0 saturated carbocycles. The van der Waals surface area contributed by atoms with Gasteiger partial charge in [-0.2, -0.15) is 22.6 Å². The predicted octanol–water partition coefficient (Wildman–Crippen LogP) is 2.19. The standard InChI is InChI=1S/C9H10N6O3S3/c1-18-7-10-5(16)4(6(17)11-7)12-13-8-14-15-9(21-8)20-3-2-19/h19H,2-3H2,1H3,(H2,10,11,16,17)/b13-12+. The molecule has 2 rings (SSSR count). The minimum atomic E-state index is -0.544. The Morgan fingerprint density at radius 1 is 1.24 bits per heavy atom. The zero-order chi connectivity index (χ0) is 15.2. The number of rotatable bonds is 6. The van der Waals surface area contributed by atoms with Crippen LogP contribution in [0.2, 0.25) is 0 Å². The molecular formula is C9H10N6O3S3. The summed E-state index contributed by atoms with van der Waals surface area (Å²) in [7, 11) is 1.31. The highest BCUT2D eigenvalue weighted by molar-refractivity contribution is 8.01. The van der Waals surface area contributed by atoms with E-state index >= 15 is 0 Å². The Morgan fingerprint density at radius 2 is 1.95 bits per heavy atom. The van der Waals surface area contributed by atoms with E-state index in [1.54, 1.807) is 0 Å².